The van der Waals surface area contributed by atoms with Crippen LogP contribution in [0.1, 0.15) is 25.3 Å². The third-order valence-corrected chi connectivity index (χ3v) is 3.32. The Morgan fingerprint density at radius 1 is 1.33 bits per heavy atom. The van der Waals surface area contributed by atoms with E-state index in [0.29, 0.717) is 5.92 Å². The number of benzene rings is 1. The lowest BCUT2D eigenvalue weighted by atomic mass is 10.00. The molecule has 0 aliphatic rings. The molecule has 1 aromatic heterocycles. The first-order valence-corrected chi connectivity index (χ1v) is 5.99. The van der Waals surface area contributed by atoms with Crippen molar-refractivity contribution in [1.29, 1.82) is 0 Å². The Balaban J connectivity index is 2.90. The zero-order valence-electron chi connectivity index (χ0n) is 8.67. The van der Waals surface area contributed by atoms with Crippen LogP contribution in [-0.4, -0.2) is 4.98 Å². The van der Waals surface area contributed by atoms with E-state index in [1.54, 1.807) is 6.20 Å². The summed E-state index contributed by atoms with van der Waals surface area (Å²) in [6.45, 7) is 4.26. The lowest BCUT2D eigenvalue weighted by Crippen LogP contribution is -2.07. The molecule has 15 heavy (non-hydrogen) atoms. The van der Waals surface area contributed by atoms with E-state index in [1.165, 1.54) is 5.56 Å². The van der Waals surface area contributed by atoms with Gasteiger partial charge in [-0.15, -0.1) is 0 Å². The molecule has 2 rings (SSSR count). The van der Waals surface area contributed by atoms with Crippen molar-refractivity contribution in [3.63, 3.8) is 0 Å². The Morgan fingerprint density at radius 3 is 2.73 bits per heavy atom. The molecule has 0 aliphatic carbocycles. The Bertz CT molecular complexity index is 557. The molecule has 0 saturated carbocycles. The minimum atomic E-state index is 0.117. The quantitative estimate of drug-likeness (QED) is 0.806. The second kappa shape index (κ2) is 3.96. The van der Waals surface area contributed by atoms with Crippen molar-refractivity contribution in [1.82, 2.24) is 4.98 Å². The Labute approximate surface area is 102 Å². The number of fused-ring (bicyclic) bond motifs is 1. The minimum Gasteiger partial charge on any atom is -0.360 e. The van der Waals surface area contributed by atoms with Crippen LogP contribution in [0.3, 0.4) is 0 Å². The van der Waals surface area contributed by atoms with Crippen molar-refractivity contribution in [3.8, 4) is 0 Å². The predicted octanol–water partition coefficient (Wildman–Crippen LogP) is 3.26. The Kier molecular flexibility index (Phi) is 2.82. The van der Waals surface area contributed by atoms with Gasteiger partial charge in [-0.2, -0.15) is 0 Å². The van der Waals surface area contributed by atoms with Gasteiger partial charge in [-0.25, -0.2) is 0 Å². The smallest absolute Gasteiger partial charge is 0.202 e. The first kappa shape index (κ1) is 10.7. The van der Waals surface area contributed by atoms with Crippen LogP contribution in [0.4, 0.5) is 0 Å². The van der Waals surface area contributed by atoms with Crippen molar-refractivity contribution < 1.29 is 0 Å². The van der Waals surface area contributed by atoms with Crippen LogP contribution in [0.15, 0.2) is 29.2 Å². The van der Waals surface area contributed by atoms with Crippen LogP contribution in [-0.2, 0) is 0 Å². The molecule has 0 spiro atoms. The number of rotatable bonds is 1. The maximum absolute atomic E-state index is 11.9. The highest BCUT2D eigenvalue weighted by Gasteiger charge is 2.08. The standard InChI is InChI=1S/C12H12INO/c1-7(2)8-4-3-5-9-11(8)14-6-10(13)12(9)15/h3-7H,1-2H3,(H,14,15). The predicted molar refractivity (Wildman–Crippen MR) is 71.4 cm³/mol. The van der Waals surface area contributed by atoms with Crippen LogP contribution in [0.25, 0.3) is 10.9 Å². The molecular weight excluding hydrogens is 301 g/mol. The van der Waals surface area contributed by atoms with Gasteiger partial charge in [0.1, 0.15) is 0 Å². The van der Waals surface area contributed by atoms with Gasteiger partial charge in [-0.1, -0.05) is 26.0 Å². The highest BCUT2D eigenvalue weighted by atomic mass is 127. The normalized spacial score (nSPS) is 11.2. The molecule has 1 aromatic carbocycles. The van der Waals surface area contributed by atoms with Gasteiger partial charge < -0.3 is 4.98 Å². The van der Waals surface area contributed by atoms with Crippen molar-refractivity contribution >= 4 is 33.5 Å². The van der Waals surface area contributed by atoms with Gasteiger partial charge in [0.25, 0.3) is 0 Å². The number of aromatic amines is 1. The van der Waals surface area contributed by atoms with Gasteiger partial charge >= 0.3 is 0 Å². The average molecular weight is 313 g/mol. The molecule has 0 unspecified atom stereocenters. The zero-order chi connectivity index (χ0) is 11.0. The van der Waals surface area contributed by atoms with Crippen molar-refractivity contribution in [2.75, 3.05) is 0 Å². The third-order valence-electron chi connectivity index (χ3n) is 2.52. The fourth-order valence-electron chi connectivity index (χ4n) is 1.73. The summed E-state index contributed by atoms with van der Waals surface area (Å²) in [6.07, 6.45) is 1.77. The monoisotopic (exact) mass is 313 g/mol. The van der Waals surface area contributed by atoms with E-state index in [4.69, 9.17) is 0 Å². The summed E-state index contributed by atoms with van der Waals surface area (Å²) < 4.78 is 0.737. The third kappa shape index (κ3) is 1.80. The molecule has 0 aliphatic heterocycles. The lowest BCUT2D eigenvalue weighted by molar-refractivity contribution is 0.872. The van der Waals surface area contributed by atoms with E-state index < -0.39 is 0 Å². The largest absolute Gasteiger partial charge is 0.360 e. The van der Waals surface area contributed by atoms with Gasteiger partial charge in [-0.05, 0) is 40.1 Å². The Morgan fingerprint density at radius 2 is 2.07 bits per heavy atom. The zero-order valence-corrected chi connectivity index (χ0v) is 10.8. The topological polar surface area (TPSA) is 32.9 Å². The molecule has 1 heterocycles. The maximum atomic E-state index is 11.9. The van der Waals surface area contributed by atoms with E-state index in [9.17, 15) is 4.79 Å². The fraction of sp³-hybridized carbons (Fsp3) is 0.250. The van der Waals surface area contributed by atoms with Crippen molar-refractivity contribution in [3.05, 3.63) is 43.8 Å². The summed E-state index contributed by atoms with van der Waals surface area (Å²) >= 11 is 2.06. The molecule has 3 heteroatoms. The molecule has 2 nitrogen and oxygen atoms in total. The molecule has 0 atom stereocenters. The molecule has 0 fully saturated rings. The molecule has 0 amide bonds. The number of pyridine rings is 1. The summed E-state index contributed by atoms with van der Waals surface area (Å²) in [4.78, 5) is 15.1. The second-order valence-electron chi connectivity index (χ2n) is 3.89. The minimum absolute atomic E-state index is 0.117. The molecule has 0 saturated heterocycles. The van der Waals surface area contributed by atoms with E-state index in [1.807, 2.05) is 12.1 Å². The van der Waals surface area contributed by atoms with Crippen LogP contribution in [0.5, 0.6) is 0 Å². The SMILES string of the molecule is CC(C)c1cccc2c(=O)c(I)c[nH]c12. The van der Waals surface area contributed by atoms with Crippen molar-refractivity contribution in [2.45, 2.75) is 19.8 Å². The van der Waals surface area contributed by atoms with E-state index in [-0.39, 0.29) is 5.43 Å². The highest BCUT2D eigenvalue weighted by Crippen LogP contribution is 2.21. The fourth-order valence-corrected chi connectivity index (χ4v) is 2.18. The summed E-state index contributed by atoms with van der Waals surface area (Å²) in [5, 5.41) is 0.785. The van der Waals surface area contributed by atoms with Gasteiger partial charge in [0.05, 0.1) is 9.09 Å². The number of halogens is 1. The molecule has 0 bridgehead atoms. The summed E-state index contributed by atoms with van der Waals surface area (Å²) in [5.41, 5.74) is 2.28. The van der Waals surface area contributed by atoms with Crippen LogP contribution >= 0.6 is 22.6 Å². The van der Waals surface area contributed by atoms with Gasteiger partial charge in [0, 0.05) is 11.6 Å². The molecule has 0 radical (unpaired) electrons. The van der Waals surface area contributed by atoms with E-state index in [0.717, 1.165) is 14.5 Å². The second-order valence-corrected chi connectivity index (χ2v) is 5.05. The van der Waals surface area contributed by atoms with E-state index in [2.05, 4.69) is 47.5 Å². The maximum Gasteiger partial charge on any atom is 0.202 e. The van der Waals surface area contributed by atoms with Crippen LogP contribution < -0.4 is 5.43 Å². The first-order valence-electron chi connectivity index (χ1n) is 4.91. The molecule has 2 aromatic rings. The molecular formula is C12H12INO. The summed E-state index contributed by atoms with van der Waals surface area (Å²) in [5.74, 6) is 0.421. The summed E-state index contributed by atoms with van der Waals surface area (Å²) in [6, 6.07) is 5.89. The summed E-state index contributed by atoms with van der Waals surface area (Å²) in [7, 11) is 0. The Hall–Kier alpha value is -0.840. The van der Waals surface area contributed by atoms with Crippen LogP contribution in [0.2, 0.25) is 0 Å². The van der Waals surface area contributed by atoms with Crippen molar-refractivity contribution in [2.24, 2.45) is 0 Å². The van der Waals surface area contributed by atoms with E-state index >= 15 is 0 Å². The number of nitrogens with one attached hydrogen (secondary N) is 1. The number of H-pyrrole nitrogens is 1. The molecule has 1 N–H and O–H groups in total. The number of aromatic nitrogens is 1. The van der Waals surface area contributed by atoms with Gasteiger partial charge in [0.15, 0.2) is 0 Å². The number of para-hydroxylation sites is 1. The lowest BCUT2D eigenvalue weighted by Gasteiger charge is -2.09. The van der Waals surface area contributed by atoms with Gasteiger partial charge in [-0.3, -0.25) is 4.79 Å². The number of hydrogen-bond acceptors (Lipinski definition) is 1. The van der Waals surface area contributed by atoms with Crippen LogP contribution in [0, 0.1) is 3.57 Å². The first-order chi connectivity index (χ1) is 7.11. The number of hydrogen-bond donors (Lipinski definition) is 1. The highest BCUT2D eigenvalue weighted by molar-refractivity contribution is 14.1. The van der Waals surface area contributed by atoms with Gasteiger partial charge in [0.2, 0.25) is 5.43 Å². The average Bonchev–Trinajstić information content (AvgIpc) is 2.23. The molecule has 78 valence electrons.